The van der Waals surface area contributed by atoms with Gasteiger partial charge in [0.05, 0.1) is 100 Å². The van der Waals surface area contributed by atoms with Gasteiger partial charge in [-0.2, -0.15) is 0 Å². The number of hydrogen-bond donors (Lipinski definition) is 1. The molecule has 2 unspecified atom stereocenters. The van der Waals surface area contributed by atoms with E-state index < -0.39 is 0 Å². The second-order valence-corrected chi connectivity index (χ2v) is 17.6. The van der Waals surface area contributed by atoms with Crippen LogP contribution >= 0.6 is 0 Å². The molecule has 0 aliphatic heterocycles. The Labute approximate surface area is 369 Å². The van der Waals surface area contributed by atoms with E-state index in [1.165, 1.54) is 77.9 Å². The molecule has 0 spiro atoms. The van der Waals surface area contributed by atoms with Crippen molar-refractivity contribution in [2.45, 2.75) is 45.8 Å². The molecule has 330 valence electrons. The van der Waals surface area contributed by atoms with Gasteiger partial charge >= 0.3 is 0 Å². The van der Waals surface area contributed by atoms with Crippen LogP contribution in [0.25, 0.3) is 22.3 Å². The highest BCUT2D eigenvalue weighted by molar-refractivity contribution is 5.89. The van der Waals surface area contributed by atoms with Crippen molar-refractivity contribution >= 4 is 0 Å². The van der Waals surface area contributed by atoms with Crippen molar-refractivity contribution in [2.24, 2.45) is 0 Å². The van der Waals surface area contributed by atoms with E-state index in [9.17, 15) is 0 Å². The molecule has 0 aromatic heterocycles. The van der Waals surface area contributed by atoms with Gasteiger partial charge in [-0.05, 0) is 112 Å². The predicted octanol–water partition coefficient (Wildman–Crippen LogP) is 8.74. The van der Waals surface area contributed by atoms with Gasteiger partial charge in [-0.25, -0.2) is 0 Å². The van der Waals surface area contributed by atoms with Crippen molar-refractivity contribution in [3.63, 3.8) is 0 Å². The van der Waals surface area contributed by atoms with Crippen molar-refractivity contribution in [1.82, 2.24) is 0 Å². The lowest BCUT2D eigenvalue weighted by molar-refractivity contribution is -0.884. The Morgan fingerprint density at radius 3 is 1.53 bits per heavy atom. The quantitative estimate of drug-likeness (QED) is 0.0478. The summed E-state index contributed by atoms with van der Waals surface area (Å²) < 4.78 is 40.4. The standard InChI is InChI=1S/C53H66NO8/c1-36-8-13-43-45-33-50-46(32-49(45)52(47(43)28-36)39-12-15-51(38(3)30-39)62-27-26-60-23-22-58-19-18-56-7)44-14-9-37(2)29-48(44)53(50)40-10-11-41(42(31-40)34-54(4,5)6)35-61-25-24-59-21-20-57-17-16-55/h8-15,28-33,52-53,55H,16-27,34-35H2,1-7H3/q+1. The fraction of sp³-hybridized carbons (Fsp3) is 0.434. The van der Waals surface area contributed by atoms with Crippen molar-refractivity contribution in [2.75, 3.05) is 108 Å². The number of aryl methyl sites for hydroxylation is 3. The van der Waals surface area contributed by atoms with Gasteiger partial charge in [0.15, 0.2) is 0 Å². The first-order valence-corrected chi connectivity index (χ1v) is 22.1. The summed E-state index contributed by atoms with van der Waals surface area (Å²) in [5.74, 6) is 1.09. The smallest absolute Gasteiger partial charge is 0.122 e. The summed E-state index contributed by atoms with van der Waals surface area (Å²) in [6.45, 7) is 13.4. The summed E-state index contributed by atoms with van der Waals surface area (Å²) in [5, 5.41) is 8.90. The third-order valence-corrected chi connectivity index (χ3v) is 11.7. The Kier molecular flexibility index (Phi) is 15.7. The van der Waals surface area contributed by atoms with Crippen LogP contribution < -0.4 is 4.74 Å². The maximum absolute atomic E-state index is 8.90. The summed E-state index contributed by atoms with van der Waals surface area (Å²) >= 11 is 0. The Morgan fingerprint density at radius 2 is 0.984 bits per heavy atom. The lowest BCUT2D eigenvalue weighted by Crippen LogP contribution is -2.33. The number of ether oxygens (including phenoxy) is 7. The molecule has 0 saturated carbocycles. The van der Waals surface area contributed by atoms with E-state index in [-0.39, 0.29) is 18.4 Å². The number of hydrogen-bond acceptors (Lipinski definition) is 8. The predicted molar refractivity (Wildman–Crippen MR) is 245 cm³/mol. The van der Waals surface area contributed by atoms with Gasteiger partial charge in [0.25, 0.3) is 0 Å². The van der Waals surface area contributed by atoms with Crippen molar-refractivity contribution in [1.29, 1.82) is 0 Å². The molecule has 5 aromatic rings. The van der Waals surface area contributed by atoms with Gasteiger partial charge in [0, 0.05) is 24.5 Å². The van der Waals surface area contributed by atoms with Crippen molar-refractivity contribution in [3.8, 4) is 28.0 Å². The van der Waals surface area contributed by atoms with E-state index in [1.807, 2.05) is 0 Å². The zero-order valence-electron chi connectivity index (χ0n) is 37.9. The molecule has 0 fully saturated rings. The molecule has 0 radical (unpaired) electrons. The fourth-order valence-corrected chi connectivity index (χ4v) is 8.96. The van der Waals surface area contributed by atoms with E-state index in [0.717, 1.165) is 22.3 Å². The van der Waals surface area contributed by atoms with Crippen LogP contribution in [-0.2, 0) is 41.6 Å². The topological polar surface area (TPSA) is 84.8 Å². The van der Waals surface area contributed by atoms with Gasteiger partial charge in [-0.1, -0.05) is 71.8 Å². The molecule has 0 heterocycles. The van der Waals surface area contributed by atoms with Gasteiger partial charge in [-0.3, -0.25) is 0 Å². The minimum Gasteiger partial charge on any atom is -0.491 e. The zero-order chi connectivity index (χ0) is 43.6. The number of rotatable bonds is 24. The van der Waals surface area contributed by atoms with Crippen LogP contribution in [0.15, 0.2) is 84.9 Å². The molecule has 5 aromatic carbocycles. The number of quaternary nitrogens is 1. The van der Waals surface area contributed by atoms with Crippen LogP contribution in [0.3, 0.4) is 0 Å². The second-order valence-electron chi connectivity index (χ2n) is 17.6. The molecule has 0 amide bonds. The highest BCUT2D eigenvalue weighted by atomic mass is 16.6. The second kappa shape index (κ2) is 21.3. The monoisotopic (exact) mass is 844 g/mol. The number of fused-ring (bicyclic) bond motifs is 6. The molecule has 0 saturated heterocycles. The van der Waals surface area contributed by atoms with E-state index in [4.69, 9.17) is 38.3 Å². The average Bonchev–Trinajstić information content (AvgIpc) is 3.72. The third kappa shape index (κ3) is 11.0. The fourth-order valence-electron chi connectivity index (χ4n) is 8.96. The van der Waals surface area contributed by atoms with Gasteiger partial charge < -0.3 is 42.7 Å². The molecular formula is C53H66NO8+. The Morgan fingerprint density at radius 1 is 0.484 bits per heavy atom. The third-order valence-electron chi connectivity index (χ3n) is 11.7. The number of aliphatic hydroxyl groups is 1. The SMILES string of the molecule is COCCOCCOCCOc1ccc(C2c3cc(C)ccc3-c3cc4c(cc32)-c2ccc(C)cc2C4c2ccc(COCCOCCOCCO)c(C[N+](C)(C)C)c2)cc1C. The summed E-state index contributed by atoms with van der Waals surface area (Å²) in [5.41, 5.74) is 19.4. The first kappa shape index (κ1) is 45.6. The summed E-state index contributed by atoms with van der Waals surface area (Å²) in [7, 11) is 8.40. The molecule has 1 N–H and O–H groups in total. The molecular weight excluding hydrogens is 779 g/mol. The van der Waals surface area contributed by atoms with E-state index >= 15 is 0 Å². The van der Waals surface area contributed by atoms with Gasteiger partial charge in [-0.15, -0.1) is 0 Å². The highest BCUT2D eigenvalue weighted by Crippen LogP contribution is 2.56. The van der Waals surface area contributed by atoms with E-state index in [1.54, 1.807) is 7.11 Å². The minimum absolute atomic E-state index is 0.0205. The summed E-state index contributed by atoms with van der Waals surface area (Å²) in [4.78, 5) is 0. The molecule has 2 aliphatic rings. The van der Waals surface area contributed by atoms with Crippen LogP contribution in [0, 0.1) is 20.8 Å². The van der Waals surface area contributed by atoms with Crippen LogP contribution in [0.5, 0.6) is 5.75 Å². The molecule has 2 aliphatic carbocycles. The lowest BCUT2D eigenvalue weighted by Gasteiger charge is -2.26. The molecule has 0 bridgehead atoms. The molecule has 9 nitrogen and oxygen atoms in total. The number of aliphatic hydroxyl groups excluding tert-OH is 1. The van der Waals surface area contributed by atoms with Crippen molar-refractivity contribution in [3.05, 3.63) is 146 Å². The Bertz CT molecular complexity index is 2280. The zero-order valence-corrected chi connectivity index (χ0v) is 37.9. The van der Waals surface area contributed by atoms with Gasteiger partial charge in [0.2, 0.25) is 0 Å². The molecule has 62 heavy (non-hydrogen) atoms. The largest absolute Gasteiger partial charge is 0.491 e. The lowest BCUT2D eigenvalue weighted by atomic mass is 9.84. The Balaban J connectivity index is 1.16. The summed E-state index contributed by atoms with van der Waals surface area (Å²) in [6, 6.07) is 32.7. The van der Waals surface area contributed by atoms with Gasteiger partial charge in [0.1, 0.15) is 18.9 Å². The number of methoxy groups -OCH3 is 1. The van der Waals surface area contributed by atoms with Crippen LogP contribution in [-0.4, -0.2) is 117 Å². The summed E-state index contributed by atoms with van der Waals surface area (Å²) in [6.07, 6.45) is 0. The van der Waals surface area contributed by atoms with E-state index in [0.29, 0.717) is 79.3 Å². The van der Waals surface area contributed by atoms with Crippen LogP contribution in [0.2, 0.25) is 0 Å². The van der Waals surface area contributed by atoms with E-state index in [2.05, 4.69) is 127 Å². The highest BCUT2D eigenvalue weighted by Gasteiger charge is 2.37. The van der Waals surface area contributed by atoms with Crippen molar-refractivity contribution < 1.29 is 42.7 Å². The first-order valence-electron chi connectivity index (χ1n) is 22.1. The maximum atomic E-state index is 8.90. The number of nitrogens with zero attached hydrogens (tertiary/aromatic N) is 1. The maximum Gasteiger partial charge on any atom is 0.122 e. The van der Waals surface area contributed by atoms with Crippen LogP contribution in [0.4, 0.5) is 0 Å². The number of benzene rings is 5. The Hall–Kier alpha value is -4.42. The average molecular weight is 845 g/mol. The first-order chi connectivity index (χ1) is 30.1. The molecule has 9 heteroatoms. The normalized spacial score (nSPS) is 15.1. The molecule has 2 atom stereocenters. The minimum atomic E-state index is 0.0205. The molecule has 7 rings (SSSR count). The van der Waals surface area contributed by atoms with Crippen LogP contribution in [0.1, 0.15) is 73.0 Å².